The lowest BCUT2D eigenvalue weighted by molar-refractivity contribution is -0.115. The molecule has 1 aromatic carbocycles. The van der Waals surface area contributed by atoms with E-state index in [-0.39, 0.29) is 22.0 Å². The molecule has 2 rings (SSSR count). The summed E-state index contributed by atoms with van der Waals surface area (Å²) in [7, 11) is 0. The topological polar surface area (TPSA) is 46.2 Å². The summed E-state index contributed by atoms with van der Waals surface area (Å²) in [4.78, 5) is 23.5. The van der Waals surface area contributed by atoms with E-state index in [4.69, 9.17) is 0 Å². The molecule has 0 atom stereocenters. The minimum absolute atomic E-state index is 0.0232. The molecule has 0 radical (unpaired) electrons. The van der Waals surface area contributed by atoms with Crippen LogP contribution in [0.2, 0.25) is 0 Å². The van der Waals surface area contributed by atoms with Crippen LogP contribution in [0.5, 0.6) is 0 Å². The van der Waals surface area contributed by atoms with Crippen LogP contribution in [0.15, 0.2) is 23.1 Å². The highest BCUT2D eigenvalue weighted by Crippen LogP contribution is 2.32. The number of imide groups is 1. The normalized spacial score (nSPS) is 18.0. The van der Waals surface area contributed by atoms with Gasteiger partial charge in [0.25, 0.3) is 11.1 Å². The van der Waals surface area contributed by atoms with Gasteiger partial charge in [0.1, 0.15) is 0 Å². The Balaban J connectivity index is 2.54. The van der Waals surface area contributed by atoms with E-state index in [0.29, 0.717) is 4.91 Å². The second-order valence-electron chi connectivity index (χ2n) is 7.70. The molecule has 1 aliphatic rings. The Hall–Kier alpha value is -1.55. The van der Waals surface area contributed by atoms with E-state index < -0.39 is 0 Å². The maximum Gasteiger partial charge on any atom is 0.290 e. The fraction of sp³-hybridized carbons (Fsp3) is 0.444. The van der Waals surface area contributed by atoms with Crippen molar-refractivity contribution in [3.63, 3.8) is 0 Å². The predicted molar refractivity (Wildman–Crippen MR) is 92.9 cm³/mol. The molecule has 0 unspecified atom stereocenters. The molecule has 0 aliphatic carbocycles. The molecule has 3 nitrogen and oxygen atoms in total. The molecular formula is C18H23NO2S. The van der Waals surface area contributed by atoms with Crippen molar-refractivity contribution in [2.45, 2.75) is 52.4 Å². The third-order valence-electron chi connectivity index (χ3n) is 3.63. The van der Waals surface area contributed by atoms with E-state index in [9.17, 15) is 9.59 Å². The number of hydrogen-bond donors (Lipinski definition) is 1. The average molecular weight is 317 g/mol. The summed E-state index contributed by atoms with van der Waals surface area (Å²) in [6.07, 6.45) is 1.80. The van der Waals surface area contributed by atoms with Crippen molar-refractivity contribution in [3.05, 3.63) is 39.8 Å². The first-order valence-electron chi connectivity index (χ1n) is 7.38. The van der Waals surface area contributed by atoms with Crippen LogP contribution in [0.25, 0.3) is 6.08 Å². The Labute approximate surface area is 136 Å². The van der Waals surface area contributed by atoms with Crippen LogP contribution in [0.1, 0.15) is 58.2 Å². The summed E-state index contributed by atoms with van der Waals surface area (Å²) in [6, 6.07) is 6.42. The Morgan fingerprint density at radius 2 is 1.41 bits per heavy atom. The standard InChI is InChI=1S/C18H23NO2S/c1-17(2,3)12-7-11(8-13(10-12)18(4,5)6)9-14-15(20)19-16(21)22-14/h7-10H,1-6H3,(H,19,20,21)/b14-9-. The van der Waals surface area contributed by atoms with Crippen molar-refractivity contribution in [3.8, 4) is 0 Å². The van der Waals surface area contributed by atoms with Crippen LogP contribution < -0.4 is 5.32 Å². The molecule has 2 amide bonds. The minimum Gasteiger partial charge on any atom is -0.282 e. The van der Waals surface area contributed by atoms with Gasteiger partial charge in [0.2, 0.25) is 0 Å². The Morgan fingerprint density at radius 1 is 0.909 bits per heavy atom. The molecule has 0 aromatic heterocycles. The summed E-state index contributed by atoms with van der Waals surface area (Å²) in [5.41, 5.74) is 3.46. The van der Waals surface area contributed by atoms with Crippen molar-refractivity contribution in [2.24, 2.45) is 0 Å². The minimum atomic E-state index is -0.312. The van der Waals surface area contributed by atoms with Gasteiger partial charge in [-0.2, -0.15) is 0 Å². The van der Waals surface area contributed by atoms with Gasteiger partial charge in [-0.3, -0.25) is 14.9 Å². The maximum atomic E-state index is 11.7. The Morgan fingerprint density at radius 3 is 1.77 bits per heavy atom. The molecule has 22 heavy (non-hydrogen) atoms. The Bertz CT molecular complexity index is 628. The van der Waals surface area contributed by atoms with Gasteiger partial charge in [0.05, 0.1) is 4.91 Å². The fourth-order valence-corrected chi connectivity index (χ4v) is 2.86. The molecule has 1 heterocycles. The highest BCUT2D eigenvalue weighted by Gasteiger charge is 2.26. The zero-order chi connectivity index (χ0) is 16.7. The molecule has 1 fully saturated rings. The summed E-state index contributed by atoms with van der Waals surface area (Å²) in [5.74, 6) is -0.312. The summed E-state index contributed by atoms with van der Waals surface area (Å²) in [5, 5.41) is 1.99. The smallest absolute Gasteiger partial charge is 0.282 e. The maximum absolute atomic E-state index is 11.7. The third-order valence-corrected chi connectivity index (χ3v) is 4.44. The molecule has 0 spiro atoms. The van der Waals surface area contributed by atoms with Gasteiger partial charge in [0, 0.05) is 0 Å². The summed E-state index contributed by atoms with van der Waals surface area (Å²) >= 11 is 0.957. The van der Waals surface area contributed by atoms with E-state index in [1.165, 1.54) is 11.1 Å². The average Bonchev–Trinajstić information content (AvgIpc) is 2.65. The van der Waals surface area contributed by atoms with Gasteiger partial charge in [-0.1, -0.05) is 59.7 Å². The number of benzene rings is 1. The largest absolute Gasteiger partial charge is 0.290 e. The second-order valence-corrected chi connectivity index (χ2v) is 8.71. The quantitative estimate of drug-likeness (QED) is 0.770. The fourth-order valence-electron chi connectivity index (χ4n) is 2.17. The highest BCUT2D eigenvalue weighted by atomic mass is 32.2. The van der Waals surface area contributed by atoms with Crippen LogP contribution in [-0.4, -0.2) is 11.1 Å². The molecule has 1 aliphatic heterocycles. The van der Waals surface area contributed by atoms with Gasteiger partial charge < -0.3 is 0 Å². The van der Waals surface area contributed by atoms with E-state index in [1.54, 1.807) is 6.08 Å². The zero-order valence-electron chi connectivity index (χ0n) is 14.0. The third kappa shape index (κ3) is 3.80. The summed E-state index contributed by atoms with van der Waals surface area (Å²) < 4.78 is 0. The van der Waals surface area contributed by atoms with Crippen LogP contribution in [-0.2, 0) is 15.6 Å². The number of carbonyl (C=O) groups excluding carboxylic acids is 2. The first-order chi connectivity index (χ1) is 9.96. The first-order valence-corrected chi connectivity index (χ1v) is 8.19. The molecule has 4 heteroatoms. The lowest BCUT2D eigenvalue weighted by Gasteiger charge is -2.25. The number of amides is 2. The lowest BCUT2D eigenvalue weighted by atomic mass is 9.79. The van der Waals surface area contributed by atoms with Crippen molar-refractivity contribution in [1.82, 2.24) is 5.32 Å². The zero-order valence-corrected chi connectivity index (χ0v) is 14.9. The molecule has 1 aromatic rings. The van der Waals surface area contributed by atoms with Gasteiger partial charge in [-0.25, -0.2) is 0 Å². The van der Waals surface area contributed by atoms with Crippen molar-refractivity contribution in [1.29, 1.82) is 0 Å². The van der Waals surface area contributed by atoms with Crippen molar-refractivity contribution >= 4 is 29.0 Å². The molecular weight excluding hydrogens is 294 g/mol. The van der Waals surface area contributed by atoms with Crippen LogP contribution in [0.4, 0.5) is 4.79 Å². The molecule has 118 valence electrons. The summed E-state index contributed by atoms with van der Waals surface area (Å²) in [6.45, 7) is 13.0. The van der Waals surface area contributed by atoms with Crippen LogP contribution in [0.3, 0.4) is 0 Å². The molecule has 0 bridgehead atoms. The first kappa shape index (κ1) is 16.8. The van der Waals surface area contributed by atoms with Gasteiger partial charge in [-0.05, 0) is 45.4 Å². The van der Waals surface area contributed by atoms with Gasteiger partial charge in [0.15, 0.2) is 0 Å². The van der Waals surface area contributed by atoms with E-state index in [1.807, 2.05) is 0 Å². The van der Waals surface area contributed by atoms with Crippen molar-refractivity contribution < 1.29 is 9.59 Å². The SMILES string of the molecule is CC(C)(C)c1cc(/C=C2\SC(=O)NC2=O)cc(C(C)(C)C)c1. The molecule has 0 saturated carbocycles. The van der Waals surface area contributed by atoms with E-state index >= 15 is 0 Å². The van der Waals surface area contributed by atoms with E-state index in [2.05, 4.69) is 65.1 Å². The second kappa shape index (κ2) is 5.58. The van der Waals surface area contributed by atoms with Crippen LogP contribution >= 0.6 is 11.8 Å². The lowest BCUT2D eigenvalue weighted by Crippen LogP contribution is -2.18. The number of rotatable bonds is 1. The number of carbonyl (C=O) groups is 2. The van der Waals surface area contributed by atoms with Gasteiger partial charge in [-0.15, -0.1) is 0 Å². The van der Waals surface area contributed by atoms with Crippen LogP contribution in [0, 0.1) is 0 Å². The number of hydrogen-bond acceptors (Lipinski definition) is 3. The highest BCUT2D eigenvalue weighted by molar-refractivity contribution is 8.18. The molecule has 1 saturated heterocycles. The monoisotopic (exact) mass is 317 g/mol. The Kier molecular flexibility index (Phi) is 4.26. The predicted octanol–water partition coefficient (Wildman–Crippen LogP) is 4.61. The number of thioether (sulfide) groups is 1. The number of nitrogens with one attached hydrogen (secondary N) is 1. The van der Waals surface area contributed by atoms with Crippen molar-refractivity contribution in [2.75, 3.05) is 0 Å². The van der Waals surface area contributed by atoms with Gasteiger partial charge >= 0.3 is 0 Å². The molecule has 1 N–H and O–H groups in total. The van der Waals surface area contributed by atoms with E-state index in [0.717, 1.165) is 17.3 Å².